The lowest BCUT2D eigenvalue weighted by Gasteiger charge is -2.03. The molecule has 1 heterocycles. The van der Waals surface area contributed by atoms with Crippen molar-refractivity contribution < 1.29 is 4.42 Å². The van der Waals surface area contributed by atoms with Crippen LogP contribution in [0.4, 0.5) is 0 Å². The van der Waals surface area contributed by atoms with Gasteiger partial charge < -0.3 is 9.73 Å². The summed E-state index contributed by atoms with van der Waals surface area (Å²) in [5.41, 5.74) is 2.41. The average molecular weight is 165 g/mol. The molecule has 2 heteroatoms. The lowest BCUT2D eigenvalue weighted by molar-refractivity contribution is 0.561. The second kappa shape index (κ2) is 4.78. The van der Waals surface area contributed by atoms with E-state index in [1.165, 1.54) is 11.1 Å². The minimum Gasteiger partial charge on any atom is -0.472 e. The van der Waals surface area contributed by atoms with E-state index in [-0.39, 0.29) is 0 Å². The first kappa shape index (κ1) is 9.07. The monoisotopic (exact) mass is 165 g/mol. The maximum atomic E-state index is 4.94. The highest BCUT2D eigenvalue weighted by Crippen LogP contribution is 1.99. The second-order valence-corrected chi connectivity index (χ2v) is 2.84. The summed E-state index contributed by atoms with van der Waals surface area (Å²) < 4.78 is 4.94. The lowest BCUT2D eigenvalue weighted by atomic mass is 10.2. The first-order valence-corrected chi connectivity index (χ1v) is 4.21. The van der Waals surface area contributed by atoms with Crippen molar-refractivity contribution in [3.63, 3.8) is 0 Å². The van der Waals surface area contributed by atoms with Gasteiger partial charge in [0.15, 0.2) is 0 Å². The van der Waals surface area contributed by atoms with Gasteiger partial charge in [0.05, 0.1) is 12.5 Å². The predicted molar refractivity (Wildman–Crippen MR) is 49.8 cm³/mol. The van der Waals surface area contributed by atoms with Gasteiger partial charge in [0, 0.05) is 18.7 Å². The molecule has 1 N–H and O–H groups in total. The van der Waals surface area contributed by atoms with Crippen molar-refractivity contribution in [2.45, 2.75) is 19.9 Å². The minimum atomic E-state index is 0.857. The molecule has 1 aromatic rings. The third kappa shape index (κ3) is 2.93. The van der Waals surface area contributed by atoms with E-state index in [2.05, 4.69) is 18.8 Å². The van der Waals surface area contributed by atoms with Crippen molar-refractivity contribution in [3.8, 4) is 0 Å². The predicted octanol–water partition coefficient (Wildman–Crippen LogP) is 2.34. The number of furan rings is 1. The van der Waals surface area contributed by atoms with E-state index in [0.717, 1.165) is 19.5 Å². The van der Waals surface area contributed by atoms with Gasteiger partial charge >= 0.3 is 0 Å². The summed E-state index contributed by atoms with van der Waals surface area (Å²) in [4.78, 5) is 0. The standard InChI is InChI=1S/C10H15NO/c1-3-9(2)6-11-7-10-4-5-12-8-10/h4-5,8,11H,2-3,6-7H2,1H3. The van der Waals surface area contributed by atoms with E-state index in [1.807, 2.05) is 6.07 Å². The Morgan fingerprint density at radius 2 is 2.50 bits per heavy atom. The molecule has 0 bridgehead atoms. The zero-order chi connectivity index (χ0) is 8.81. The number of nitrogens with one attached hydrogen (secondary N) is 1. The molecule has 0 amide bonds. The third-order valence-electron chi connectivity index (χ3n) is 1.78. The SMILES string of the molecule is C=C(CC)CNCc1ccoc1. The third-order valence-corrected chi connectivity index (χ3v) is 1.78. The van der Waals surface area contributed by atoms with E-state index in [1.54, 1.807) is 12.5 Å². The summed E-state index contributed by atoms with van der Waals surface area (Å²) in [5, 5.41) is 3.28. The lowest BCUT2D eigenvalue weighted by Crippen LogP contribution is -2.15. The van der Waals surface area contributed by atoms with Crippen LogP contribution in [0.25, 0.3) is 0 Å². The summed E-state index contributed by atoms with van der Waals surface area (Å²) in [6.07, 6.45) is 4.48. The molecule has 0 fully saturated rings. The van der Waals surface area contributed by atoms with E-state index in [4.69, 9.17) is 4.42 Å². The van der Waals surface area contributed by atoms with Crippen molar-refractivity contribution in [2.24, 2.45) is 0 Å². The van der Waals surface area contributed by atoms with Crippen molar-refractivity contribution in [1.82, 2.24) is 5.32 Å². The van der Waals surface area contributed by atoms with Crippen LogP contribution in [0.3, 0.4) is 0 Å². The van der Waals surface area contributed by atoms with E-state index in [9.17, 15) is 0 Å². The fraction of sp³-hybridized carbons (Fsp3) is 0.400. The summed E-state index contributed by atoms with van der Waals surface area (Å²) in [6, 6.07) is 1.96. The van der Waals surface area contributed by atoms with Crippen molar-refractivity contribution >= 4 is 0 Å². The van der Waals surface area contributed by atoms with Crippen LogP contribution in [0, 0.1) is 0 Å². The second-order valence-electron chi connectivity index (χ2n) is 2.84. The van der Waals surface area contributed by atoms with E-state index >= 15 is 0 Å². The molecule has 0 aliphatic rings. The summed E-state index contributed by atoms with van der Waals surface area (Å²) in [7, 11) is 0. The molecule has 0 radical (unpaired) electrons. The highest BCUT2D eigenvalue weighted by atomic mass is 16.3. The van der Waals surface area contributed by atoms with Gasteiger partial charge in [-0.25, -0.2) is 0 Å². The number of hydrogen-bond donors (Lipinski definition) is 1. The zero-order valence-corrected chi connectivity index (χ0v) is 7.47. The van der Waals surface area contributed by atoms with Crippen LogP contribution < -0.4 is 5.32 Å². The largest absolute Gasteiger partial charge is 0.472 e. The Labute approximate surface area is 73.3 Å². The Morgan fingerprint density at radius 1 is 1.67 bits per heavy atom. The number of hydrogen-bond acceptors (Lipinski definition) is 2. The first-order valence-electron chi connectivity index (χ1n) is 4.21. The van der Waals surface area contributed by atoms with Crippen LogP contribution in [0.15, 0.2) is 35.2 Å². The van der Waals surface area contributed by atoms with Crippen molar-refractivity contribution in [1.29, 1.82) is 0 Å². The maximum absolute atomic E-state index is 4.94. The molecule has 0 spiro atoms. The van der Waals surface area contributed by atoms with Gasteiger partial charge in [-0.05, 0) is 12.5 Å². The van der Waals surface area contributed by atoms with Crippen molar-refractivity contribution in [3.05, 3.63) is 36.3 Å². The van der Waals surface area contributed by atoms with Gasteiger partial charge in [-0.2, -0.15) is 0 Å². The fourth-order valence-electron chi connectivity index (χ4n) is 0.902. The van der Waals surface area contributed by atoms with Gasteiger partial charge in [0.25, 0.3) is 0 Å². The molecule has 0 saturated heterocycles. The summed E-state index contributed by atoms with van der Waals surface area (Å²) in [6.45, 7) is 7.77. The first-order chi connectivity index (χ1) is 5.83. The smallest absolute Gasteiger partial charge is 0.0947 e. The van der Waals surface area contributed by atoms with Gasteiger partial charge in [-0.15, -0.1) is 0 Å². The zero-order valence-electron chi connectivity index (χ0n) is 7.47. The molecule has 0 aliphatic carbocycles. The number of rotatable bonds is 5. The van der Waals surface area contributed by atoms with E-state index in [0.29, 0.717) is 0 Å². The molecular weight excluding hydrogens is 150 g/mol. The highest BCUT2D eigenvalue weighted by molar-refractivity contribution is 5.05. The minimum absolute atomic E-state index is 0.857. The molecule has 0 aliphatic heterocycles. The normalized spacial score (nSPS) is 10.1. The molecule has 2 nitrogen and oxygen atoms in total. The van der Waals surface area contributed by atoms with E-state index < -0.39 is 0 Å². The van der Waals surface area contributed by atoms with Crippen LogP contribution in [0.2, 0.25) is 0 Å². The molecule has 12 heavy (non-hydrogen) atoms. The van der Waals surface area contributed by atoms with Crippen LogP contribution >= 0.6 is 0 Å². The molecule has 0 atom stereocenters. The average Bonchev–Trinajstić information content (AvgIpc) is 2.57. The van der Waals surface area contributed by atoms with Gasteiger partial charge in [0.2, 0.25) is 0 Å². The Hall–Kier alpha value is -1.02. The van der Waals surface area contributed by atoms with Crippen molar-refractivity contribution in [2.75, 3.05) is 6.54 Å². The maximum Gasteiger partial charge on any atom is 0.0947 e. The van der Waals surface area contributed by atoms with Crippen LogP contribution in [-0.2, 0) is 6.54 Å². The summed E-state index contributed by atoms with van der Waals surface area (Å²) >= 11 is 0. The molecular formula is C10H15NO. The quantitative estimate of drug-likeness (QED) is 0.677. The van der Waals surface area contributed by atoms with Crippen LogP contribution in [0.5, 0.6) is 0 Å². The molecule has 0 saturated carbocycles. The highest BCUT2D eigenvalue weighted by Gasteiger charge is 1.93. The van der Waals surface area contributed by atoms with Crippen LogP contribution in [0.1, 0.15) is 18.9 Å². The molecule has 1 rings (SSSR count). The van der Waals surface area contributed by atoms with Gasteiger partial charge in [-0.1, -0.05) is 19.1 Å². The Balaban J connectivity index is 2.15. The molecule has 1 aromatic heterocycles. The molecule has 0 aromatic carbocycles. The van der Waals surface area contributed by atoms with Crippen LogP contribution in [-0.4, -0.2) is 6.54 Å². The molecule has 0 unspecified atom stereocenters. The Bertz CT molecular complexity index is 226. The summed E-state index contributed by atoms with van der Waals surface area (Å²) in [5.74, 6) is 0. The topological polar surface area (TPSA) is 25.2 Å². The Kier molecular flexibility index (Phi) is 3.61. The van der Waals surface area contributed by atoms with Gasteiger partial charge in [-0.3, -0.25) is 0 Å². The molecule has 66 valence electrons. The Morgan fingerprint density at radius 3 is 3.08 bits per heavy atom. The fourth-order valence-corrected chi connectivity index (χ4v) is 0.902. The van der Waals surface area contributed by atoms with Gasteiger partial charge in [0.1, 0.15) is 0 Å².